The molecule has 0 radical (unpaired) electrons. The number of sulfonamides is 1. The third kappa shape index (κ3) is 4.64. The summed E-state index contributed by atoms with van der Waals surface area (Å²) >= 11 is 0. The molecule has 0 heterocycles. The van der Waals surface area contributed by atoms with Gasteiger partial charge in [-0.05, 0) is 12.0 Å². The summed E-state index contributed by atoms with van der Waals surface area (Å²) in [6, 6.07) is 15.3. The van der Waals surface area contributed by atoms with E-state index in [0.29, 0.717) is 6.42 Å². The highest BCUT2D eigenvalue weighted by Gasteiger charge is 2.19. The number of nitrogens with zero attached hydrogens (tertiary/aromatic N) is 1. The van der Waals surface area contributed by atoms with Crippen LogP contribution in [0.2, 0.25) is 0 Å². The van der Waals surface area contributed by atoms with Gasteiger partial charge in [0.1, 0.15) is 0 Å². The van der Waals surface area contributed by atoms with Crippen LogP contribution in [-0.4, -0.2) is 19.9 Å². The summed E-state index contributed by atoms with van der Waals surface area (Å²) in [5.74, 6) is -0.404. The molecule has 2 rings (SSSR count). The van der Waals surface area contributed by atoms with Crippen LogP contribution in [0, 0.1) is 10.1 Å². The second kappa shape index (κ2) is 7.15. The van der Waals surface area contributed by atoms with Crippen molar-refractivity contribution in [3.8, 4) is 0 Å². The summed E-state index contributed by atoms with van der Waals surface area (Å²) in [7, 11) is -3.62. The van der Waals surface area contributed by atoms with Gasteiger partial charge in [0.2, 0.25) is 10.0 Å². The number of para-hydroxylation sites is 1. The van der Waals surface area contributed by atoms with Crippen LogP contribution >= 0.6 is 0 Å². The predicted molar refractivity (Wildman–Crippen MR) is 83.9 cm³/mol. The van der Waals surface area contributed by atoms with E-state index in [2.05, 4.69) is 4.72 Å². The fraction of sp³-hybridized carbons (Fsp3) is 0.200. The van der Waals surface area contributed by atoms with E-state index in [1.165, 1.54) is 18.2 Å². The summed E-state index contributed by atoms with van der Waals surface area (Å²) in [5.41, 5.74) is 1.02. The number of rotatable bonds is 7. The Morgan fingerprint density at radius 1 is 1.00 bits per heavy atom. The maximum Gasteiger partial charge on any atom is 0.273 e. The van der Waals surface area contributed by atoms with Gasteiger partial charge >= 0.3 is 0 Å². The Kier molecular flexibility index (Phi) is 5.24. The molecular formula is C15H16N2O4S. The lowest BCUT2D eigenvalue weighted by atomic mass is 10.2. The molecule has 0 aliphatic heterocycles. The molecule has 0 aliphatic rings. The first-order chi connectivity index (χ1) is 10.5. The lowest BCUT2D eigenvalue weighted by Crippen LogP contribution is -2.27. The molecule has 2 aromatic carbocycles. The molecule has 0 saturated carbocycles. The predicted octanol–water partition coefficient (Wildman–Crippen LogP) is 2.26. The molecule has 7 heteroatoms. The van der Waals surface area contributed by atoms with Crippen molar-refractivity contribution in [2.45, 2.75) is 12.2 Å². The first-order valence-electron chi connectivity index (χ1n) is 6.71. The molecule has 0 aliphatic carbocycles. The average molecular weight is 320 g/mol. The second-order valence-electron chi connectivity index (χ2n) is 4.77. The molecule has 6 nitrogen and oxygen atoms in total. The van der Waals surface area contributed by atoms with Gasteiger partial charge in [0.25, 0.3) is 5.69 Å². The maximum absolute atomic E-state index is 12.0. The van der Waals surface area contributed by atoms with E-state index < -0.39 is 20.7 Å². The lowest BCUT2D eigenvalue weighted by Gasteiger charge is -2.07. The fourth-order valence-electron chi connectivity index (χ4n) is 2.06. The molecule has 1 N–H and O–H groups in total. The Morgan fingerprint density at radius 2 is 1.64 bits per heavy atom. The number of hydrogen-bond donors (Lipinski definition) is 1. The van der Waals surface area contributed by atoms with E-state index in [-0.39, 0.29) is 17.8 Å². The van der Waals surface area contributed by atoms with Gasteiger partial charge in [0.15, 0.2) is 0 Å². The van der Waals surface area contributed by atoms with Gasteiger partial charge in [-0.2, -0.15) is 0 Å². The highest BCUT2D eigenvalue weighted by Crippen LogP contribution is 2.19. The van der Waals surface area contributed by atoms with Crippen molar-refractivity contribution in [1.29, 1.82) is 0 Å². The van der Waals surface area contributed by atoms with Crippen LogP contribution in [0.25, 0.3) is 0 Å². The summed E-state index contributed by atoms with van der Waals surface area (Å²) < 4.78 is 26.5. The summed E-state index contributed by atoms with van der Waals surface area (Å²) in [6.07, 6.45) is 0.566. The molecule has 0 amide bonds. The molecule has 2 aromatic rings. The highest BCUT2D eigenvalue weighted by molar-refractivity contribution is 7.88. The van der Waals surface area contributed by atoms with Gasteiger partial charge in [0.05, 0.1) is 10.7 Å². The number of nitro groups is 1. The van der Waals surface area contributed by atoms with E-state index in [1.54, 1.807) is 6.07 Å². The van der Waals surface area contributed by atoms with Crippen molar-refractivity contribution in [2.75, 3.05) is 6.54 Å². The standard InChI is InChI=1S/C15H16N2O4S/c18-17(19)15-9-5-4-8-14(15)12-22(20,21)16-11-10-13-6-2-1-3-7-13/h1-9,16H,10-12H2. The van der Waals surface area contributed by atoms with Gasteiger partial charge < -0.3 is 0 Å². The van der Waals surface area contributed by atoms with Crippen molar-refractivity contribution >= 4 is 15.7 Å². The first kappa shape index (κ1) is 16.1. The van der Waals surface area contributed by atoms with Crippen molar-refractivity contribution in [1.82, 2.24) is 4.72 Å². The molecule has 0 spiro atoms. The largest absolute Gasteiger partial charge is 0.273 e. The molecular weight excluding hydrogens is 304 g/mol. The topological polar surface area (TPSA) is 89.3 Å². The molecule has 0 aromatic heterocycles. The summed E-state index contributed by atoms with van der Waals surface area (Å²) in [4.78, 5) is 10.3. The van der Waals surface area contributed by atoms with Crippen LogP contribution in [0.15, 0.2) is 54.6 Å². The maximum atomic E-state index is 12.0. The van der Waals surface area contributed by atoms with Gasteiger partial charge in [-0.25, -0.2) is 13.1 Å². The van der Waals surface area contributed by atoms with Crippen LogP contribution in [0.4, 0.5) is 5.69 Å². The van der Waals surface area contributed by atoms with E-state index in [9.17, 15) is 18.5 Å². The normalized spacial score (nSPS) is 11.3. The van der Waals surface area contributed by atoms with Crippen LogP contribution in [0.1, 0.15) is 11.1 Å². The molecule has 22 heavy (non-hydrogen) atoms. The van der Waals surface area contributed by atoms with Crippen LogP contribution in [0.5, 0.6) is 0 Å². The third-order valence-corrected chi connectivity index (χ3v) is 4.45. The van der Waals surface area contributed by atoms with Crippen molar-refractivity contribution < 1.29 is 13.3 Å². The molecule has 0 fully saturated rings. The molecule has 116 valence electrons. The fourth-order valence-corrected chi connectivity index (χ4v) is 3.23. The SMILES string of the molecule is O=[N+]([O-])c1ccccc1CS(=O)(=O)NCCc1ccccc1. The number of nitrogens with one attached hydrogen (secondary N) is 1. The second-order valence-corrected chi connectivity index (χ2v) is 6.58. The van der Waals surface area contributed by atoms with Gasteiger partial charge in [-0.15, -0.1) is 0 Å². The number of nitro benzene ring substituents is 1. The van der Waals surface area contributed by atoms with Gasteiger partial charge in [-0.3, -0.25) is 10.1 Å². The van der Waals surface area contributed by atoms with Crippen LogP contribution < -0.4 is 4.72 Å². The summed E-state index contributed by atoms with van der Waals surface area (Å²) in [6.45, 7) is 0.257. The van der Waals surface area contributed by atoms with Crippen LogP contribution in [-0.2, 0) is 22.2 Å². The van der Waals surface area contributed by atoms with E-state index >= 15 is 0 Å². The zero-order valence-corrected chi connectivity index (χ0v) is 12.6. The van der Waals surface area contributed by atoms with Crippen molar-refractivity contribution in [2.24, 2.45) is 0 Å². The molecule has 0 bridgehead atoms. The quantitative estimate of drug-likeness (QED) is 0.626. The Bertz CT molecular complexity index is 745. The van der Waals surface area contributed by atoms with Gasteiger partial charge in [-0.1, -0.05) is 48.5 Å². The minimum absolute atomic E-state index is 0.180. The minimum atomic E-state index is -3.62. The minimum Gasteiger partial charge on any atom is -0.258 e. The number of benzene rings is 2. The monoisotopic (exact) mass is 320 g/mol. The third-order valence-electron chi connectivity index (χ3n) is 3.11. The summed E-state index contributed by atoms with van der Waals surface area (Å²) in [5, 5.41) is 10.9. The zero-order valence-electron chi connectivity index (χ0n) is 11.8. The van der Waals surface area contributed by atoms with Crippen molar-refractivity contribution in [3.05, 3.63) is 75.8 Å². The van der Waals surface area contributed by atoms with E-state index in [4.69, 9.17) is 0 Å². The van der Waals surface area contributed by atoms with Crippen LogP contribution in [0.3, 0.4) is 0 Å². The Balaban J connectivity index is 1.98. The molecule has 0 saturated heterocycles. The average Bonchev–Trinajstić information content (AvgIpc) is 2.48. The lowest BCUT2D eigenvalue weighted by molar-refractivity contribution is -0.385. The highest BCUT2D eigenvalue weighted by atomic mass is 32.2. The Morgan fingerprint density at radius 3 is 2.32 bits per heavy atom. The molecule has 0 atom stereocenters. The zero-order chi connectivity index (χ0) is 16.0. The Labute approximate surface area is 129 Å². The number of hydrogen-bond acceptors (Lipinski definition) is 4. The smallest absolute Gasteiger partial charge is 0.258 e. The molecule has 0 unspecified atom stereocenters. The van der Waals surface area contributed by atoms with E-state index in [0.717, 1.165) is 5.56 Å². The first-order valence-corrected chi connectivity index (χ1v) is 8.37. The van der Waals surface area contributed by atoms with E-state index in [1.807, 2.05) is 30.3 Å². The van der Waals surface area contributed by atoms with Gasteiger partial charge in [0, 0.05) is 18.2 Å². The van der Waals surface area contributed by atoms with Crippen molar-refractivity contribution in [3.63, 3.8) is 0 Å². The Hall–Kier alpha value is -2.25.